The average molecular weight is 284 g/mol. The van der Waals surface area contributed by atoms with Gasteiger partial charge >= 0.3 is 0 Å². The molecular weight excluding hydrogens is 268 g/mol. The maximum atomic E-state index is 12.3. The van der Waals surface area contributed by atoms with Crippen LogP contribution >= 0.6 is 11.3 Å². The third-order valence-corrected chi connectivity index (χ3v) is 4.18. The molecule has 2 N–H and O–H groups in total. The van der Waals surface area contributed by atoms with Gasteiger partial charge in [-0.05, 0) is 35.1 Å². The fraction of sp³-hybridized carbons (Fsp3) is 0.188. The van der Waals surface area contributed by atoms with Crippen molar-refractivity contribution in [2.75, 3.05) is 5.32 Å². The Morgan fingerprint density at radius 3 is 2.80 bits per heavy atom. The zero-order valence-electron chi connectivity index (χ0n) is 11.4. The first-order valence-electron chi connectivity index (χ1n) is 6.61. The van der Waals surface area contributed by atoms with E-state index in [-0.39, 0.29) is 5.91 Å². The summed E-state index contributed by atoms with van der Waals surface area (Å²) in [6.07, 6.45) is 0. The molecule has 20 heavy (non-hydrogen) atoms. The number of benzene rings is 1. The van der Waals surface area contributed by atoms with E-state index in [1.807, 2.05) is 41.8 Å². The summed E-state index contributed by atoms with van der Waals surface area (Å²) in [4.78, 5) is 15.5. The van der Waals surface area contributed by atoms with Gasteiger partial charge in [-0.3, -0.25) is 4.79 Å². The quantitative estimate of drug-likeness (QED) is 0.725. The van der Waals surface area contributed by atoms with E-state index in [0.717, 1.165) is 21.5 Å². The van der Waals surface area contributed by atoms with E-state index < -0.39 is 0 Å². The maximum Gasteiger partial charge on any atom is 0.272 e. The highest BCUT2D eigenvalue weighted by Gasteiger charge is 2.13. The minimum atomic E-state index is -0.0958. The molecule has 4 heteroatoms. The number of anilines is 1. The van der Waals surface area contributed by atoms with Crippen molar-refractivity contribution in [3.63, 3.8) is 0 Å². The molecule has 3 rings (SSSR count). The first-order valence-corrected chi connectivity index (χ1v) is 7.49. The zero-order chi connectivity index (χ0) is 14.1. The number of para-hydroxylation sites is 1. The lowest BCUT2D eigenvalue weighted by Crippen LogP contribution is -2.13. The van der Waals surface area contributed by atoms with Crippen molar-refractivity contribution in [2.24, 2.45) is 0 Å². The molecule has 0 saturated carbocycles. The number of aromatic amines is 1. The number of carbonyl (C=O) groups is 1. The van der Waals surface area contributed by atoms with Crippen molar-refractivity contribution in [3.8, 4) is 0 Å². The predicted molar refractivity (Wildman–Crippen MR) is 84.7 cm³/mol. The molecule has 0 unspecified atom stereocenters. The van der Waals surface area contributed by atoms with Gasteiger partial charge in [-0.1, -0.05) is 32.0 Å². The van der Waals surface area contributed by atoms with Crippen LogP contribution in [-0.4, -0.2) is 10.9 Å². The predicted octanol–water partition coefficient (Wildman–Crippen LogP) is 4.61. The summed E-state index contributed by atoms with van der Waals surface area (Å²) in [5.74, 6) is 0.278. The molecule has 1 amide bonds. The lowest BCUT2D eigenvalue weighted by molar-refractivity contribution is 0.102. The van der Waals surface area contributed by atoms with Crippen LogP contribution in [0.25, 0.3) is 10.2 Å². The minimum absolute atomic E-state index is 0.0958. The molecule has 0 aliphatic rings. The fourth-order valence-corrected chi connectivity index (χ4v) is 3.06. The van der Waals surface area contributed by atoms with Gasteiger partial charge < -0.3 is 10.3 Å². The Balaban J connectivity index is 1.87. The average Bonchev–Trinajstić information content (AvgIpc) is 2.99. The summed E-state index contributed by atoms with van der Waals surface area (Å²) < 4.78 is 1.10. The standard InChI is InChI=1S/C16H16N2OS/c1-10(2)11-5-3-4-6-12(11)18-16(19)14-9-15-13(17-14)7-8-20-15/h3-10,17H,1-2H3,(H,18,19). The Bertz CT molecular complexity index is 726. The number of hydrogen-bond acceptors (Lipinski definition) is 2. The van der Waals surface area contributed by atoms with E-state index in [9.17, 15) is 4.79 Å². The molecule has 0 fully saturated rings. The van der Waals surface area contributed by atoms with Crippen LogP contribution in [0.1, 0.15) is 35.8 Å². The smallest absolute Gasteiger partial charge is 0.272 e. The number of fused-ring (bicyclic) bond motifs is 1. The monoisotopic (exact) mass is 284 g/mol. The lowest BCUT2D eigenvalue weighted by Gasteiger charge is -2.13. The van der Waals surface area contributed by atoms with E-state index in [0.29, 0.717) is 11.6 Å². The first kappa shape index (κ1) is 12.9. The summed E-state index contributed by atoms with van der Waals surface area (Å²) >= 11 is 1.63. The summed E-state index contributed by atoms with van der Waals surface area (Å²) in [7, 11) is 0. The Hall–Kier alpha value is -2.07. The zero-order valence-corrected chi connectivity index (χ0v) is 12.3. The highest BCUT2D eigenvalue weighted by atomic mass is 32.1. The minimum Gasteiger partial charge on any atom is -0.350 e. The summed E-state index contributed by atoms with van der Waals surface area (Å²) in [6.45, 7) is 4.24. The molecule has 0 bridgehead atoms. The number of H-pyrrole nitrogens is 1. The number of carbonyl (C=O) groups excluding carboxylic acids is 1. The van der Waals surface area contributed by atoms with Crippen LogP contribution in [-0.2, 0) is 0 Å². The van der Waals surface area contributed by atoms with Crippen molar-refractivity contribution in [1.29, 1.82) is 0 Å². The molecule has 0 radical (unpaired) electrons. The molecular formula is C16H16N2OS. The SMILES string of the molecule is CC(C)c1ccccc1NC(=O)c1cc2sccc2[nH]1. The van der Waals surface area contributed by atoms with Gasteiger partial charge in [0.2, 0.25) is 0 Å². The molecule has 0 spiro atoms. The molecule has 0 atom stereocenters. The van der Waals surface area contributed by atoms with Crippen LogP contribution in [0.3, 0.4) is 0 Å². The van der Waals surface area contributed by atoms with Crippen molar-refractivity contribution < 1.29 is 4.79 Å². The molecule has 102 valence electrons. The van der Waals surface area contributed by atoms with Crippen LogP contribution < -0.4 is 5.32 Å². The van der Waals surface area contributed by atoms with Crippen molar-refractivity contribution in [3.05, 3.63) is 53.0 Å². The first-order chi connectivity index (χ1) is 9.65. The summed E-state index contributed by atoms with van der Waals surface area (Å²) in [5, 5.41) is 5.00. The number of aromatic nitrogens is 1. The molecule has 2 aromatic heterocycles. The third-order valence-electron chi connectivity index (χ3n) is 3.32. The normalized spacial score (nSPS) is 11.2. The molecule has 3 nitrogen and oxygen atoms in total. The van der Waals surface area contributed by atoms with Gasteiger partial charge in [-0.15, -0.1) is 11.3 Å². The van der Waals surface area contributed by atoms with Crippen LogP contribution in [0.15, 0.2) is 41.8 Å². The second-order valence-electron chi connectivity index (χ2n) is 5.08. The number of hydrogen-bond donors (Lipinski definition) is 2. The Kier molecular flexibility index (Phi) is 3.32. The molecule has 0 aliphatic heterocycles. The second-order valence-corrected chi connectivity index (χ2v) is 6.03. The molecule has 0 aliphatic carbocycles. The van der Waals surface area contributed by atoms with E-state index >= 15 is 0 Å². The van der Waals surface area contributed by atoms with Crippen molar-refractivity contribution in [2.45, 2.75) is 19.8 Å². The van der Waals surface area contributed by atoms with Crippen LogP contribution in [0, 0.1) is 0 Å². The fourth-order valence-electron chi connectivity index (χ4n) is 2.27. The van der Waals surface area contributed by atoms with E-state index in [1.165, 1.54) is 0 Å². The Labute approximate surface area is 121 Å². The molecule has 0 saturated heterocycles. The molecule has 2 heterocycles. The van der Waals surface area contributed by atoms with E-state index in [2.05, 4.69) is 24.1 Å². The van der Waals surface area contributed by atoms with E-state index in [4.69, 9.17) is 0 Å². The highest BCUT2D eigenvalue weighted by Crippen LogP contribution is 2.25. The van der Waals surface area contributed by atoms with E-state index in [1.54, 1.807) is 11.3 Å². The highest BCUT2D eigenvalue weighted by molar-refractivity contribution is 7.17. The van der Waals surface area contributed by atoms with Gasteiger partial charge in [0.1, 0.15) is 5.69 Å². The number of nitrogens with one attached hydrogen (secondary N) is 2. The largest absolute Gasteiger partial charge is 0.350 e. The maximum absolute atomic E-state index is 12.3. The third kappa shape index (κ3) is 2.34. The lowest BCUT2D eigenvalue weighted by atomic mass is 10.0. The Morgan fingerprint density at radius 2 is 2.05 bits per heavy atom. The molecule has 1 aromatic carbocycles. The topological polar surface area (TPSA) is 44.9 Å². The van der Waals surface area contributed by atoms with Crippen LogP contribution in [0.2, 0.25) is 0 Å². The van der Waals surface area contributed by atoms with Gasteiger partial charge in [0.25, 0.3) is 5.91 Å². The van der Waals surface area contributed by atoms with Gasteiger partial charge in [0.05, 0.1) is 10.2 Å². The Morgan fingerprint density at radius 1 is 1.25 bits per heavy atom. The van der Waals surface area contributed by atoms with Crippen molar-refractivity contribution in [1.82, 2.24) is 4.98 Å². The summed E-state index contributed by atoms with van der Waals surface area (Å²) in [5.41, 5.74) is 3.64. The van der Waals surface area contributed by atoms with Gasteiger partial charge in [0.15, 0.2) is 0 Å². The summed E-state index contributed by atoms with van der Waals surface area (Å²) in [6, 6.07) is 11.8. The van der Waals surface area contributed by atoms with Crippen LogP contribution in [0.4, 0.5) is 5.69 Å². The number of thiophene rings is 1. The molecule has 3 aromatic rings. The number of amides is 1. The van der Waals surface area contributed by atoms with Gasteiger partial charge in [-0.25, -0.2) is 0 Å². The van der Waals surface area contributed by atoms with Gasteiger partial charge in [0, 0.05) is 5.69 Å². The second kappa shape index (κ2) is 5.13. The number of rotatable bonds is 3. The van der Waals surface area contributed by atoms with Crippen LogP contribution in [0.5, 0.6) is 0 Å². The van der Waals surface area contributed by atoms with Gasteiger partial charge in [-0.2, -0.15) is 0 Å². The van der Waals surface area contributed by atoms with Crippen molar-refractivity contribution >= 4 is 33.1 Å².